The number of anilines is 2. The molecule has 0 aliphatic carbocycles. The maximum Gasteiger partial charge on any atom is 0.229 e. The van der Waals surface area contributed by atoms with Crippen LogP contribution in [0.15, 0.2) is 55.1 Å². The van der Waals surface area contributed by atoms with Crippen LogP contribution in [-0.4, -0.2) is 33.1 Å². The number of halogens is 1. The van der Waals surface area contributed by atoms with E-state index in [9.17, 15) is 9.59 Å². The first-order chi connectivity index (χ1) is 14.4. The summed E-state index contributed by atoms with van der Waals surface area (Å²) in [6.45, 7) is 4.56. The van der Waals surface area contributed by atoms with Gasteiger partial charge in [0.25, 0.3) is 0 Å². The molecule has 4 rings (SSSR count). The van der Waals surface area contributed by atoms with E-state index in [-0.39, 0.29) is 18.2 Å². The molecule has 1 N–H and O–H groups in total. The number of hydrogen-bond acceptors (Lipinski definition) is 4. The molecular formula is C22H22ClN5O2. The van der Waals surface area contributed by atoms with E-state index in [2.05, 4.69) is 29.2 Å². The summed E-state index contributed by atoms with van der Waals surface area (Å²) in [5, 5.41) is 7.52. The molecule has 1 saturated heterocycles. The van der Waals surface area contributed by atoms with Gasteiger partial charge in [0.2, 0.25) is 11.8 Å². The molecule has 2 aromatic carbocycles. The highest BCUT2D eigenvalue weighted by Gasteiger charge is 2.35. The molecule has 2 heterocycles. The zero-order valence-electron chi connectivity index (χ0n) is 16.7. The topological polar surface area (TPSA) is 80.1 Å². The first-order valence-corrected chi connectivity index (χ1v) is 10.2. The third-order valence-corrected chi connectivity index (χ3v) is 5.46. The number of rotatable bonds is 5. The van der Waals surface area contributed by atoms with Gasteiger partial charge in [-0.3, -0.25) is 9.59 Å². The van der Waals surface area contributed by atoms with Gasteiger partial charge in [-0.2, -0.15) is 5.10 Å². The molecule has 1 atom stereocenters. The molecule has 1 aromatic heterocycles. The molecule has 0 spiro atoms. The second-order valence-corrected chi connectivity index (χ2v) is 8.08. The Balaban J connectivity index is 1.53. The molecule has 1 aliphatic rings. The van der Waals surface area contributed by atoms with Crippen molar-refractivity contribution in [2.24, 2.45) is 5.92 Å². The molecule has 2 amide bonds. The van der Waals surface area contributed by atoms with Crippen LogP contribution in [0.25, 0.3) is 5.69 Å². The molecule has 0 radical (unpaired) electrons. The Labute approximate surface area is 179 Å². The average molecular weight is 424 g/mol. The number of hydrogen-bond donors (Lipinski definition) is 1. The minimum Gasteiger partial charge on any atom is -0.324 e. The van der Waals surface area contributed by atoms with Crippen LogP contribution < -0.4 is 10.2 Å². The number of carbonyl (C=O) groups is 2. The highest BCUT2D eigenvalue weighted by Crippen LogP contribution is 2.30. The van der Waals surface area contributed by atoms with Crippen molar-refractivity contribution < 1.29 is 9.59 Å². The third-order valence-electron chi connectivity index (χ3n) is 5.23. The number of amides is 2. The summed E-state index contributed by atoms with van der Waals surface area (Å²) in [5.41, 5.74) is 3.15. The third kappa shape index (κ3) is 4.07. The fourth-order valence-corrected chi connectivity index (χ4v) is 3.73. The Hall–Kier alpha value is -3.19. The Morgan fingerprint density at radius 2 is 2.07 bits per heavy atom. The molecule has 0 saturated carbocycles. The van der Waals surface area contributed by atoms with Crippen molar-refractivity contribution in [1.29, 1.82) is 0 Å². The Bertz CT molecular complexity index is 1080. The summed E-state index contributed by atoms with van der Waals surface area (Å²) in [5.74, 6) is -0.379. The van der Waals surface area contributed by atoms with Crippen LogP contribution in [-0.2, 0) is 9.59 Å². The first-order valence-electron chi connectivity index (χ1n) is 9.78. The monoisotopic (exact) mass is 423 g/mol. The summed E-state index contributed by atoms with van der Waals surface area (Å²) < 4.78 is 1.55. The number of benzene rings is 2. The Kier molecular flexibility index (Phi) is 5.55. The SMILES string of the molecule is CC(C)c1cccc(N2CC(C(=O)Nc3cc(Cl)ccc3-n3cncn3)CC2=O)c1. The first kappa shape index (κ1) is 20.1. The van der Waals surface area contributed by atoms with E-state index in [1.807, 2.05) is 24.3 Å². The molecule has 0 bridgehead atoms. The largest absolute Gasteiger partial charge is 0.324 e. The molecule has 3 aromatic rings. The predicted octanol–water partition coefficient (Wildman–Crippen LogP) is 4.04. The second kappa shape index (κ2) is 8.28. The minimum absolute atomic E-state index is 0.0568. The lowest BCUT2D eigenvalue weighted by Crippen LogP contribution is -2.28. The number of aromatic nitrogens is 3. The molecule has 1 fully saturated rings. The molecule has 1 unspecified atom stereocenters. The van der Waals surface area contributed by atoms with Gasteiger partial charge in [-0.1, -0.05) is 37.6 Å². The highest BCUT2D eigenvalue weighted by atomic mass is 35.5. The van der Waals surface area contributed by atoms with Gasteiger partial charge < -0.3 is 10.2 Å². The van der Waals surface area contributed by atoms with E-state index in [0.717, 1.165) is 11.3 Å². The van der Waals surface area contributed by atoms with E-state index in [1.54, 1.807) is 34.1 Å². The molecule has 7 nitrogen and oxygen atoms in total. The van der Waals surface area contributed by atoms with Gasteiger partial charge in [0.05, 0.1) is 17.3 Å². The van der Waals surface area contributed by atoms with Crippen molar-refractivity contribution in [3.05, 3.63) is 65.7 Å². The van der Waals surface area contributed by atoms with Gasteiger partial charge in [0, 0.05) is 23.7 Å². The van der Waals surface area contributed by atoms with Crippen LogP contribution >= 0.6 is 11.6 Å². The number of nitrogens with zero attached hydrogens (tertiary/aromatic N) is 4. The number of nitrogens with one attached hydrogen (secondary N) is 1. The minimum atomic E-state index is -0.456. The van der Waals surface area contributed by atoms with Crippen molar-refractivity contribution >= 4 is 34.8 Å². The molecule has 1 aliphatic heterocycles. The van der Waals surface area contributed by atoms with Crippen molar-refractivity contribution in [2.75, 3.05) is 16.8 Å². The van der Waals surface area contributed by atoms with E-state index in [0.29, 0.717) is 28.9 Å². The van der Waals surface area contributed by atoms with Crippen LogP contribution in [0.1, 0.15) is 31.7 Å². The highest BCUT2D eigenvalue weighted by molar-refractivity contribution is 6.31. The normalized spacial score (nSPS) is 16.3. The molecular weight excluding hydrogens is 402 g/mol. The van der Waals surface area contributed by atoms with Crippen LogP contribution in [0.5, 0.6) is 0 Å². The van der Waals surface area contributed by atoms with Gasteiger partial charge in [0.1, 0.15) is 12.7 Å². The van der Waals surface area contributed by atoms with Crippen molar-refractivity contribution in [1.82, 2.24) is 14.8 Å². The summed E-state index contributed by atoms with van der Waals surface area (Å²) in [4.78, 5) is 31.2. The molecule has 8 heteroatoms. The fraction of sp³-hybridized carbons (Fsp3) is 0.273. The predicted molar refractivity (Wildman–Crippen MR) is 116 cm³/mol. The van der Waals surface area contributed by atoms with Gasteiger partial charge >= 0.3 is 0 Å². The quantitative estimate of drug-likeness (QED) is 0.671. The van der Waals surface area contributed by atoms with Crippen LogP contribution in [0.3, 0.4) is 0 Å². The van der Waals surface area contributed by atoms with E-state index in [4.69, 9.17) is 11.6 Å². The van der Waals surface area contributed by atoms with Gasteiger partial charge in [-0.25, -0.2) is 9.67 Å². The van der Waals surface area contributed by atoms with Crippen molar-refractivity contribution in [2.45, 2.75) is 26.2 Å². The second-order valence-electron chi connectivity index (χ2n) is 7.65. The number of carbonyl (C=O) groups excluding carboxylic acids is 2. The van der Waals surface area contributed by atoms with E-state index >= 15 is 0 Å². The lowest BCUT2D eigenvalue weighted by Gasteiger charge is -2.19. The maximum atomic E-state index is 13.0. The summed E-state index contributed by atoms with van der Waals surface area (Å²) >= 11 is 6.13. The van der Waals surface area contributed by atoms with E-state index in [1.165, 1.54) is 6.33 Å². The molecule has 154 valence electrons. The summed E-state index contributed by atoms with van der Waals surface area (Å²) in [7, 11) is 0. The smallest absolute Gasteiger partial charge is 0.229 e. The van der Waals surface area contributed by atoms with Crippen LogP contribution in [0.2, 0.25) is 5.02 Å². The van der Waals surface area contributed by atoms with Crippen LogP contribution in [0, 0.1) is 5.92 Å². The lowest BCUT2D eigenvalue weighted by atomic mass is 10.0. The van der Waals surface area contributed by atoms with Crippen LogP contribution in [0.4, 0.5) is 11.4 Å². The Morgan fingerprint density at radius 3 is 2.80 bits per heavy atom. The van der Waals surface area contributed by atoms with E-state index < -0.39 is 5.92 Å². The van der Waals surface area contributed by atoms with Crippen molar-refractivity contribution in [3.63, 3.8) is 0 Å². The summed E-state index contributed by atoms with van der Waals surface area (Å²) in [6.07, 6.45) is 3.12. The van der Waals surface area contributed by atoms with Gasteiger partial charge in [-0.05, 0) is 41.8 Å². The maximum absolute atomic E-state index is 13.0. The standard InChI is InChI=1S/C22H22ClN5O2/c1-14(2)15-4-3-5-18(8-15)27-11-16(9-21(27)29)22(30)26-19-10-17(23)6-7-20(19)28-13-24-12-25-28/h3-8,10,12-14,16H,9,11H2,1-2H3,(H,26,30). The average Bonchev–Trinajstić information content (AvgIpc) is 3.38. The molecule has 30 heavy (non-hydrogen) atoms. The zero-order chi connectivity index (χ0) is 21.3. The van der Waals surface area contributed by atoms with Gasteiger partial charge in [-0.15, -0.1) is 0 Å². The summed E-state index contributed by atoms with van der Waals surface area (Å²) in [6, 6.07) is 13.1. The fourth-order valence-electron chi connectivity index (χ4n) is 3.56. The zero-order valence-corrected chi connectivity index (χ0v) is 17.5. The van der Waals surface area contributed by atoms with Crippen molar-refractivity contribution in [3.8, 4) is 5.69 Å². The van der Waals surface area contributed by atoms with Gasteiger partial charge in [0.15, 0.2) is 0 Å². The lowest BCUT2D eigenvalue weighted by molar-refractivity contribution is -0.122. The Morgan fingerprint density at radius 1 is 1.23 bits per heavy atom.